The van der Waals surface area contributed by atoms with Crippen LogP contribution in [0.3, 0.4) is 0 Å². The molecule has 0 aliphatic carbocycles. The van der Waals surface area contributed by atoms with Crippen LogP contribution in [0.2, 0.25) is 0 Å². The number of rotatable bonds is 16. The van der Waals surface area contributed by atoms with Crippen LogP contribution in [-0.4, -0.2) is 110 Å². The minimum absolute atomic E-state index is 0.156. The Hall–Kier alpha value is -4.04. The van der Waals surface area contributed by atoms with Crippen molar-refractivity contribution in [1.29, 1.82) is 0 Å². The molecule has 264 valence electrons. The molecule has 2 aromatic carbocycles. The number of morpholine rings is 2. The quantitative estimate of drug-likeness (QED) is 0.207. The Balaban J connectivity index is 1.27. The maximum atomic E-state index is 14.0. The number of nitrogens with one attached hydrogen (secondary N) is 3. The largest absolute Gasteiger partial charge is 0.444 e. The predicted molar refractivity (Wildman–Crippen MR) is 187 cm³/mol. The molecule has 0 radical (unpaired) electrons. The number of thiazole rings is 1. The van der Waals surface area contributed by atoms with Crippen molar-refractivity contribution in [3.05, 3.63) is 88.4 Å². The first-order valence-electron chi connectivity index (χ1n) is 17.1. The Labute approximate surface area is 292 Å². The van der Waals surface area contributed by atoms with Crippen LogP contribution in [0.5, 0.6) is 0 Å². The van der Waals surface area contributed by atoms with Crippen molar-refractivity contribution in [3.8, 4) is 0 Å². The van der Waals surface area contributed by atoms with E-state index in [4.69, 9.17) is 14.2 Å². The van der Waals surface area contributed by atoms with Gasteiger partial charge < -0.3 is 35.1 Å². The number of hydrogen-bond acceptors (Lipinski definition) is 9. The van der Waals surface area contributed by atoms with Crippen LogP contribution in [0.25, 0.3) is 0 Å². The van der Waals surface area contributed by atoms with Gasteiger partial charge in [-0.1, -0.05) is 60.7 Å². The van der Waals surface area contributed by atoms with Crippen molar-refractivity contribution in [2.24, 2.45) is 0 Å². The van der Waals surface area contributed by atoms with E-state index in [1.54, 1.807) is 16.6 Å². The third kappa shape index (κ3) is 12.7. The molecule has 0 saturated carbocycles. The van der Waals surface area contributed by atoms with E-state index in [0.717, 1.165) is 29.1 Å². The molecule has 2 fully saturated rings. The maximum Gasteiger partial charge on any atom is 0.407 e. The first kappa shape index (κ1) is 36.2. The summed E-state index contributed by atoms with van der Waals surface area (Å²) >= 11 is 1.43. The molecule has 0 bridgehead atoms. The van der Waals surface area contributed by atoms with Gasteiger partial charge in [-0.3, -0.25) is 14.7 Å². The standard InChI is InChI=1S/C36H48N6O6S/c43-34(33(13-14-41-15-19-46-20-16-41)40-35(44)42-17-21-47-22-18-42)38-30(23-28-7-3-1-4-8-28)11-12-31(24-29-9-5-2-6-10-29)39-36(45)48-26-32-25-37-27-49-32/h1-10,25,27,30-31,33H,11-24,26H2,(H,38,43)(H,39,45)(H,40,44)/t30-,31-,33+/m1/s1. The monoisotopic (exact) mass is 692 g/mol. The molecule has 3 N–H and O–H groups in total. The average Bonchev–Trinajstić information content (AvgIpc) is 3.67. The lowest BCUT2D eigenvalue weighted by Gasteiger charge is -2.32. The second kappa shape index (κ2) is 19.8. The molecule has 2 saturated heterocycles. The first-order chi connectivity index (χ1) is 24.0. The number of nitrogens with zero attached hydrogens (tertiary/aromatic N) is 3. The molecule has 3 aromatic rings. The van der Waals surface area contributed by atoms with Crippen LogP contribution >= 0.6 is 11.3 Å². The van der Waals surface area contributed by atoms with Gasteiger partial charge in [-0.2, -0.15) is 0 Å². The van der Waals surface area contributed by atoms with E-state index in [2.05, 4.69) is 25.8 Å². The number of hydrogen-bond donors (Lipinski definition) is 3. The minimum Gasteiger partial charge on any atom is -0.444 e. The topological polar surface area (TPSA) is 134 Å². The minimum atomic E-state index is -0.712. The van der Waals surface area contributed by atoms with Gasteiger partial charge in [0.25, 0.3) is 0 Å². The summed E-state index contributed by atoms with van der Waals surface area (Å²) in [5.74, 6) is -0.215. The summed E-state index contributed by atoms with van der Waals surface area (Å²) in [6, 6.07) is 18.6. The molecule has 12 nitrogen and oxygen atoms in total. The Bertz CT molecular complexity index is 1400. The lowest BCUT2D eigenvalue weighted by molar-refractivity contribution is -0.124. The smallest absolute Gasteiger partial charge is 0.407 e. The van der Waals surface area contributed by atoms with Crippen molar-refractivity contribution >= 4 is 29.4 Å². The molecule has 13 heteroatoms. The van der Waals surface area contributed by atoms with Crippen LogP contribution < -0.4 is 16.0 Å². The number of carbonyl (C=O) groups excluding carboxylic acids is 3. The Morgan fingerprint density at radius 1 is 0.776 bits per heavy atom. The van der Waals surface area contributed by atoms with E-state index in [1.807, 2.05) is 60.7 Å². The van der Waals surface area contributed by atoms with Crippen molar-refractivity contribution in [2.45, 2.75) is 56.8 Å². The van der Waals surface area contributed by atoms with E-state index in [9.17, 15) is 14.4 Å². The van der Waals surface area contributed by atoms with E-state index in [0.29, 0.717) is 78.2 Å². The lowest BCUT2D eigenvalue weighted by atomic mass is 9.95. The number of urea groups is 1. The maximum absolute atomic E-state index is 14.0. The van der Waals surface area contributed by atoms with Crippen molar-refractivity contribution in [2.75, 3.05) is 59.2 Å². The molecule has 4 amide bonds. The summed E-state index contributed by atoms with van der Waals surface area (Å²) in [5, 5.41) is 9.38. The van der Waals surface area contributed by atoms with Crippen LogP contribution in [-0.2, 0) is 38.5 Å². The van der Waals surface area contributed by atoms with Gasteiger partial charge in [0.15, 0.2) is 0 Å². The van der Waals surface area contributed by atoms with Gasteiger partial charge in [0.1, 0.15) is 12.6 Å². The Morgan fingerprint density at radius 2 is 1.37 bits per heavy atom. The summed E-state index contributed by atoms with van der Waals surface area (Å²) in [5.41, 5.74) is 3.89. The van der Waals surface area contributed by atoms with Gasteiger partial charge in [-0.15, -0.1) is 11.3 Å². The van der Waals surface area contributed by atoms with Crippen LogP contribution in [0.1, 0.15) is 35.3 Å². The molecule has 3 heterocycles. The third-order valence-corrected chi connectivity index (χ3v) is 9.51. The SMILES string of the molecule is O=C(N[C@H](CC[C@H](Cc1ccccc1)NC(=O)[C@H](CCN1CCOCC1)NC(=O)N1CCOCC1)Cc1ccccc1)OCc1cncs1. The molecule has 49 heavy (non-hydrogen) atoms. The van der Waals surface area contributed by atoms with Crippen LogP contribution in [0.4, 0.5) is 9.59 Å². The number of alkyl carbamates (subject to hydrolysis) is 1. The Morgan fingerprint density at radius 3 is 1.96 bits per heavy atom. The molecule has 0 spiro atoms. The van der Waals surface area contributed by atoms with E-state index in [1.165, 1.54) is 11.3 Å². The molecule has 5 rings (SSSR count). The summed E-state index contributed by atoms with van der Waals surface area (Å²) in [4.78, 5) is 49.1. The molecule has 0 unspecified atom stereocenters. The number of amides is 4. The highest BCUT2D eigenvalue weighted by atomic mass is 32.1. The number of benzene rings is 2. The van der Waals surface area contributed by atoms with Gasteiger partial charge in [0.05, 0.1) is 36.8 Å². The van der Waals surface area contributed by atoms with Gasteiger partial charge in [-0.05, 0) is 43.2 Å². The molecular weight excluding hydrogens is 644 g/mol. The number of ether oxygens (including phenoxy) is 3. The zero-order valence-corrected chi connectivity index (χ0v) is 28.8. The molecule has 2 aliphatic heterocycles. The second-order valence-electron chi connectivity index (χ2n) is 12.4. The van der Waals surface area contributed by atoms with Crippen LogP contribution in [0.15, 0.2) is 72.4 Å². The fraction of sp³-hybridized carbons (Fsp3) is 0.500. The zero-order chi connectivity index (χ0) is 34.1. The van der Waals surface area contributed by atoms with E-state index in [-0.39, 0.29) is 30.6 Å². The zero-order valence-electron chi connectivity index (χ0n) is 28.0. The predicted octanol–water partition coefficient (Wildman–Crippen LogP) is 3.62. The van der Waals surface area contributed by atoms with Gasteiger partial charge in [0, 0.05) is 51.0 Å². The first-order valence-corrected chi connectivity index (χ1v) is 18.0. The van der Waals surface area contributed by atoms with Gasteiger partial charge in [-0.25, -0.2) is 9.59 Å². The molecule has 3 atom stereocenters. The van der Waals surface area contributed by atoms with Crippen molar-refractivity contribution in [3.63, 3.8) is 0 Å². The van der Waals surface area contributed by atoms with Crippen molar-refractivity contribution in [1.82, 2.24) is 30.7 Å². The fourth-order valence-electron chi connectivity index (χ4n) is 6.02. The number of aromatic nitrogens is 1. The van der Waals surface area contributed by atoms with Crippen LogP contribution in [0, 0.1) is 0 Å². The fourth-order valence-corrected chi connectivity index (χ4v) is 6.53. The molecule has 1 aromatic heterocycles. The van der Waals surface area contributed by atoms with E-state index < -0.39 is 12.1 Å². The van der Waals surface area contributed by atoms with Crippen molar-refractivity contribution < 1.29 is 28.6 Å². The summed E-state index contributed by atoms with van der Waals surface area (Å²) in [6.45, 7) is 5.67. The molecule has 2 aliphatic rings. The highest BCUT2D eigenvalue weighted by molar-refractivity contribution is 7.09. The summed E-state index contributed by atoms with van der Waals surface area (Å²) in [6.07, 6.45) is 4.08. The summed E-state index contributed by atoms with van der Waals surface area (Å²) in [7, 11) is 0. The highest BCUT2D eigenvalue weighted by Crippen LogP contribution is 2.15. The highest BCUT2D eigenvalue weighted by Gasteiger charge is 2.28. The number of carbonyl (C=O) groups is 3. The normalized spacial score (nSPS) is 17.0. The Kier molecular flexibility index (Phi) is 14.7. The third-order valence-electron chi connectivity index (χ3n) is 8.76. The lowest BCUT2D eigenvalue weighted by Crippen LogP contribution is -2.55. The average molecular weight is 693 g/mol. The van der Waals surface area contributed by atoms with Gasteiger partial charge in [0.2, 0.25) is 5.91 Å². The van der Waals surface area contributed by atoms with Gasteiger partial charge >= 0.3 is 12.1 Å². The molecular formula is C36H48N6O6S. The van der Waals surface area contributed by atoms with E-state index >= 15 is 0 Å². The second-order valence-corrected chi connectivity index (χ2v) is 13.4. The summed E-state index contributed by atoms with van der Waals surface area (Å²) < 4.78 is 16.4.